The van der Waals surface area contributed by atoms with Gasteiger partial charge in [-0.05, 0) is 61.2 Å². The second-order valence-electron chi connectivity index (χ2n) is 8.81. The third-order valence-electron chi connectivity index (χ3n) is 6.24. The van der Waals surface area contributed by atoms with Crippen molar-refractivity contribution in [1.29, 1.82) is 0 Å². The fourth-order valence-corrected chi connectivity index (χ4v) is 4.36. The zero-order valence-corrected chi connectivity index (χ0v) is 25.3. The molecule has 1 unspecified atom stereocenters. The number of nitrogens with zero attached hydrogens (tertiary/aromatic N) is 1. The molecule has 7 nitrogen and oxygen atoms in total. The number of fused-ring (bicyclic) bond motifs is 1. The predicted octanol–water partition coefficient (Wildman–Crippen LogP) is 5.53. The predicted molar refractivity (Wildman–Crippen MR) is 145 cm³/mol. The molecule has 3 aromatic rings. The van der Waals surface area contributed by atoms with Crippen molar-refractivity contribution in [3.05, 3.63) is 87.2 Å². The first kappa shape index (κ1) is 31.1. The Balaban J connectivity index is 0.000000898. The van der Waals surface area contributed by atoms with E-state index in [0.717, 1.165) is 36.4 Å². The number of anilines is 1. The quantitative estimate of drug-likeness (QED) is 0.239. The number of aryl methyl sites for hydroxylation is 2. The fourth-order valence-electron chi connectivity index (χ4n) is 4.36. The van der Waals surface area contributed by atoms with Gasteiger partial charge >= 0.3 is 0 Å². The van der Waals surface area contributed by atoms with Crippen LogP contribution in [0.5, 0.6) is 17.2 Å². The molecule has 1 aliphatic rings. The van der Waals surface area contributed by atoms with Crippen molar-refractivity contribution in [3.8, 4) is 17.2 Å². The van der Waals surface area contributed by atoms with Crippen LogP contribution in [0.25, 0.3) is 5.32 Å². The zero-order valence-electron chi connectivity index (χ0n) is 22.5. The molecule has 197 valence electrons. The van der Waals surface area contributed by atoms with Gasteiger partial charge in [-0.2, -0.15) is 0 Å². The molecule has 1 atom stereocenters. The minimum Gasteiger partial charge on any atom is -0.652 e. The van der Waals surface area contributed by atoms with Gasteiger partial charge in [-0.15, -0.1) is 6.54 Å². The topological polar surface area (TPSA) is 100 Å². The Morgan fingerprint density at radius 3 is 2.35 bits per heavy atom. The van der Waals surface area contributed by atoms with Gasteiger partial charge in [0, 0.05) is 45.7 Å². The normalized spacial score (nSPS) is 13.9. The van der Waals surface area contributed by atoms with Crippen LogP contribution < -0.4 is 25.4 Å². The van der Waals surface area contributed by atoms with Crippen molar-refractivity contribution in [2.45, 2.75) is 39.7 Å². The Morgan fingerprint density at radius 2 is 1.70 bits per heavy atom. The second-order valence-corrected chi connectivity index (χ2v) is 8.81. The molecule has 1 radical (unpaired) electrons. The minimum absolute atomic E-state index is 0. The van der Waals surface area contributed by atoms with E-state index in [-0.39, 0.29) is 38.8 Å². The third kappa shape index (κ3) is 8.16. The van der Waals surface area contributed by atoms with E-state index in [4.69, 9.17) is 30.5 Å². The minimum atomic E-state index is 0. The van der Waals surface area contributed by atoms with Crippen LogP contribution in [0.3, 0.4) is 0 Å². The van der Waals surface area contributed by atoms with E-state index in [1.54, 1.807) is 14.2 Å². The fraction of sp³-hybridized carbons (Fsp3) is 0.379. The van der Waals surface area contributed by atoms with Crippen molar-refractivity contribution in [2.24, 2.45) is 0 Å². The molecule has 0 saturated heterocycles. The van der Waals surface area contributed by atoms with Crippen LogP contribution in [0.1, 0.15) is 46.3 Å². The molecule has 0 fully saturated rings. The van der Waals surface area contributed by atoms with Crippen LogP contribution in [0.2, 0.25) is 0 Å². The molecule has 4 N–H and O–H groups in total. The maximum atomic E-state index is 7.62. The molecule has 0 bridgehead atoms. The Hall–Kier alpha value is -2.16. The number of nitrogens with one attached hydrogen (secondary N) is 1. The molecule has 37 heavy (non-hydrogen) atoms. The molecule has 8 heteroatoms. The first-order chi connectivity index (χ1) is 17.4. The van der Waals surface area contributed by atoms with E-state index in [1.165, 1.54) is 27.8 Å². The molecule has 3 aromatic carbocycles. The van der Waals surface area contributed by atoms with E-state index in [2.05, 4.69) is 44.2 Å². The van der Waals surface area contributed by atoms with E-state index in [0.29, 0.717) is 24.6 Å². The largest absolute Gasteiger partial charge is 0.652 e. The zero-order chi connectivity index (χ0) is 26.1. The molecule has 1 heterocycles. The summed E-state index contributed by atoms with van der Waals surface area (Å²) in [4.78, 5) is 0. The van der Waals surface area contributed by atoms with Gasteiger partial charge in [0.1, 0.15) is 5.75 Å². The molecule has 0 saturated carbocycles. The number of hydroxylamine groups is 1. The summed E-state index contributed by atoms with van der Waals surface area (Å²) in [6.07, 6.45) is 1.65. The molecule has 0 aromatic heterocycles. The number of benzene rings is 3. The monoisotopic (exact) mass is 581 g/mol. The van der Waals surface area contributed by atoms with Crippen molar-refractivity contribution in [1.82, 2.24) is 5.48 Å². The summed E-state index contributed by atoms with van der Waals surface area (Å²) in [5.41, 5.74) is 15.9. The van der Waals surface area contributed by atoms with Gasteiger partial charge in [0.15, 0.2) is 11.5 Å². The number of methoxy groups -OCH3 is 2. The van der Waals surface area contributed by atoms with Crippen molar-refractivity contribution < 1.29 is 52.1 Å². The van der Waals surface area contributed by atoms with E-state index in [9.17, 15) is 0 Å². The Kier molecular flexibility index (Phi) is 12.8. The molecule has 0 spiro atoms. The maximum Gasteiger partial charge on any atom is 0.161 e. The van der Waals surface area contributed by atoms with E-state index >= 15 is 0 Å². The SMILES string of the molecule is CCNO.COc1cc(CCOc2cc3c(cc2OC)CC[N-]C3c2ccc(C)cc2C)ccc1N.[Y]. The summed E-state index contributed by atoms with van der Waals surface area (Å²) in [5, 5.41) is 12.6. The summed E-state index contributed by atoms with van der Waals surface area (Å²) in [5.74, 6) is 2.20. The summed E-state index contributed by atoms with van der Waals surface area (Å²) in [7, 11) is 3.31. The van der Waals surface area contributed by atoms with E-state index < -0.39 is 0 Å². The smallest absolute Gasteiger partial charge is 0.161 e. The molecule has 4 rings (SSSR count). The summed E-state index contributed by atoms with van der Waals surface area (Å²) >= 11 is 0. The van der Waals surface area contributed by atoms with Gasteiger partial charge in [0.2, 0.25) is 0 Å². The number of ether oxygens (including phenoxy) is 3. The summed E-state index contributed by atoms with van der Waals surface area (Å²) in [6, 6.07) is 16.7. The van der Waals surface area contributed by atoms with Crippen molar-refractivity contribution in [2.75, 3.05) is 39.6 Å². The second kappa shape index (κ2) is 15.3. The number of hydrogen-bond acceptors (Lipinski definition) is 6. The van der Waals surface area contributed by atoms with Gasteiger partial charge < -0.3 is 30.5 Å². The maximum absolute atomic E-state index is 7.62. The van der Waals surface area contributed by atoms with E-state index in [1.807, 2.05) is 30.6 Å². The number of nitrogen functional groups attached to an aromatic ring is 1. The molecule has 0 amide bonds. The summed E-state index contributed by atoms with van der Waals surface area (Å²) in [6.45, 7) is 8.06. The molecule has 1 aliphatic heterocycles. The Labute approximate surface area is 245 Å². The van der Waals surface area contributed by atoms with Crippen LogP contribution in [0, 0.1) is 13.8 Å². The number of rotatable bonds is 8. The summed E-state index contributed by atoms with van der Waals surface area (Å²) < 4.78 is 17.2. The van der Waals surface area contributed by atoms with Gasteiger partial charge in [0.25, 0.3) is 0 Å². The van der Waals surface area contributed by atoms with Crippen LogP contribution in [0.4, 0.5) is 5.69 Å². The Morgan fingerprint density at radius 1 is 0.973 bits per heavy atom. The van der Waals surface area contributed by atoms with Crippen LogP contribution in [-0.2, 0) is 45.6 Å². The average molecular weight is 582 g/mol. The van der Waals surface area contributed by atoms with Gasteiger partial charge in [-0.1, -0.05) is 53.9 Å². The number of hydrogen-bond donors (Lipinski definition) is 3. The first-order valence-corrected chi connectivity index (χ1v) is 12.3. The molecule has 0 aliphatic carbocycles. The Bertz CT molecular complexity index is 1150. The standard InChI is InChI=1S/C27H31N2O3.C2H7NO.Y/c1-17-5-7-21(18(2)13-17)27-22-16-26(25(31-4)15-20(22)9-11-29-27)32-12-10-19-6-8-23(28)24(14-19)30-3;1-2-3-4;/h5-8,13-16,27H,9-12,28H2,1-4H3;3-4H,2H2,1H3;/q-1;;. The van der Waals surface area contributed by atoms with Crippen LogP contribution in [0.15, 0.2) is 48.5 Å². The van der Waals surface area contributed by atoms with Gasteiger partial charge in [-0.25, -0.2) is 5.48 Å². The van der Waals surface area contributed by atoms with Crippen molar-refractivity contribution >= 4 is 5.69 Å². The van der Waals surface area contributed by atoms with Crippen LogP contribution >= 0.6 is 0 Å². The van der Waals surface area contributed by atoms with Gasteiger partial charge in [0.05, 0.1) is 26.5 Å². The van der Waals surface area contributed by atoms with Gasteiger partial charge in [-0.3, -0.25) is 0 Å². The third-order valence-corrected chi connectivity index (χ3v) is 6.24. The van der Waals surface area contributed by atoms with Crippen molar-refractivity contribution in [3.63, 3.8) is 0 Å². The molecular formula is C29H38N3O4Y-. The molecular weight excluding hydrogens is 543 g/mol. The first-order valence-electron chi connectivity index (χ1n) is 12.3. The van der Waals surface area contributed by atoms with Crippen LogP contribution in [-0.4, -0.2) is 39.1 Å². The number of nitrogens with two attached hydrogens (primary N) is 1. The average Bonchev–Trinajstić information content (AvgIpc) is 2.89.